The third-order valence-electron chi connectivity index (χ3n) is 4.43. The number of carbonyl (C=O) groups is 1. The summed E-state index contributed by atoms with van der Waals surface area (Å²) in [6, 6.07) is 5.97. The molecule has 0 radical (unpaired) electrons. The number of anilines is 1. The molecule has 2 N–H and O–H groups in total. The number of hydrogen-bond donors (Lipinski definition) is 2. The first kappa shape index (κ1) is 12.5. The topological polar surface area (TPSA) is 41.1 Å². The Labute approximate surface area is 114 Å². The number of benzene rings is 1. The summed E-state index contributed by atoms with van der Waals surface area (Å²) in [4.78, 5) is 12.2. The maximum absolute atomic E-state index is 12.2. The quantitative estimate of drug-likeness (QED) is 0.875. The van der Waals surface area contributed by atoms with Crippen LogP contribution >= 0.6 is 0 Å². The molecule has 3 rings (SSSR count). The molecule has 0 saturated heterocycles. The molecule has 1 aromatic rings. The first-order valence-corrected chi connectivity index (χ1v) is 7.37. The van der Waals surface area contributed by atoms with Crippen molar-refractivity contribution in [2.75, 3.05) is 18.4 Å². The van der Waals surface area contributed by atoms with Gasteiger partial charge in [0.15, 0.2) is 0 Å². The lowest BCUT2D eigenvalue weighted by Gasteiger charge is -2.11. The van der Waals surface area contributed by atoms with Crippen LogP contribution in [0.4, 0.5) is 5.69 Å². The van der Waals surface area contributed by atoms with E-state index < -0.39 is 0 Å². The molecule has 0 bridgehead atoms. The molecule has 1 aromatic carbocycles. The molecule has 1 heterocycles. The van der Waals surface area contributed by atoms with Crippen LogP contribution in [0.5, 0.6) is 0 Å². The van der Waals surface area contributed by atoms with Crippen LogP contribution in [0, 0.1) is 11.8 Å². The minimum Gasteiger partial charge on any atom is -0.384 e. The van der Waals surface area contributed by atoms with Crippen LogP contribution in [-0.4, -0.2) is 19.0 Å². The van der Waals surface area contributed by atoms with Crippen molar-refractivity contribution in [1.29, 1.82) is 0 Å². The molecule has 102 valence electrons. The van der Waals surface area contributed by atoms with Crippen LogP contribution in [0.25, 0.3) is 0 Å². The van der Waals surface area contributed by atoms with Gasteiger partial charge in [-0.1, -0.05) is 13.3 Å². The average Bonchev–Trinajstić information content (AvgIpc) is 3.03. The molecule has 3 nitrogen and oxygen atoms in total. The smallest absolute Gasteiger partial charge is 0.251 e. The largest absolute Gasteiger partial charge is 0.384 e. The van der Waals surface area contributed by atoms with E-state index >= 15 is 0 Å². The summed E-state index contributed by atoms with van der Waals surface area (Å²) < 4.78 is 0. The zero-order valence-electron chi connectivity index (χ0n) is 11.5. The van der Waals surface area contributed by atoms with Gasteiger partial charge in [-0.15, -0.1) is 0 Å². The summed E-state index contributed by atoms with van der Waals surface area (Å²) in [5.74, 6) is 1.58. The number of rotatable bonds is 3. The normalized spacial score (nSPS) is 24.9. The first-order valence-electron chi connectivity index (χ1n) is 7.37. The predicted octanol–water partition coefficient (Wildman–Crippen LogP) is 2.82. The Morgan fingerprint density at radius 3 is 3.11 bits per heavy atom. The van der Waals surface area contributed by atoms with Crippen molar-refractivity contribution in [2.24, 2.45) is 11.8 Å². The van der Waals surface area contributed by atoms with E-state index in [4.69, 9.17) is 0 Å². The average molecular weight is 258 g/mol. The van der Waals surface area contributed by atoms with Crippen molar-refractivity contribution in [3.05, 3.63) is 29.3 Å². The second-order valence-corrected chi connectivity index (χ2v) is 6.04. The Bertz CT molecular complexity index is 484. The Hall–Kier alpha value is -1.51. The van der Waals surface area contributed by atoms with Crippen LogP contribution < -0.4 is 10.6 Å². The SMILES string of the molecule is CC1CCC(CNC(=O)c2ccc3c(c2)CCN3)C1. The second kappa shape index (κ2) is 5.24. The highest BCUT2D eigenvalue weighted by Gasteiger charge is 2.22. The Morgan fingerprint density at radius 1 is 1.42 bits per heavy atom. The summed E-state index contributed by atoms with van der Waals surface area (Å²) in [6.45, 7) is 4.12. The van der Waals surface area contributed by atoms with Gasteiger partial charge in [-0.2, -0.15) is 0 Å². The molecule has 1 amide bonds. The second-order valence-electron chi connectivity index (χ2n) is 6.04. The molecule has 2 aliphatic rings. The molecule has 1 aliphatic heterocycles. The molecule has 2 unspecified atom stereocenters. The van der Waals surface area contributed by atoms with Gasteiger partial charge >= 0.3 is 0 Å². The summed E-state index contributed by atoms with van der Waals surface area (Å²) in [7, 11) is 0. The van der Waals surface area contributed by atoms with Crippen LogP contribution in [0.3, 0.4) is 0 Å². The predicted molar refractivity (Wildman–Crippen MR) is 77.5 cm³/mol. The van der Waals surface area contributed by atoms with Crippen LogP contribution in [0.1, 0.15) is 42.1 Å². The van der Waals surface area contributed by atoms with E-state index in [9.17, 15) is 4.79 Å². The summed E-state index contributed by atoms with van der Waals surface area (Å²) in [6.07, 6.45) is 4.85. The van der Waals surface area contributed by atoms with Gasteiger partial charge < -0.3 is 10.6 Å². The lowest BCUT2D eigenvalue weighted by Crippen LogP contribution is -2.28. The van der Waals surface area contributed by atoms with Crippen molar-refractivity contribution >= 4 is 11.6 Å². The zero-order valence-corrected chi connectivity index (χ0v) is 11.5. The third-order valence-corrected chi connectivity index (χ3v) is 4.43. The van der Waals surface area contributed by atoms with E-state index in [2.05, 4.69) is 17.6 Å². The Kier molecular flexibility index (Phi) is 3.45. The summed E-state index contributed by atoms with van der Waals surface area (Å²) in [5, 5.41) is 6.41. The van der Waals surface area contributed by atoms with Crippen LogP contribution in [-0.2, 0) is 6.42 Å². The fourth-order valence-electron chi connectivity index (χ4n) is 3.30. The third kappa shape index (κ3) is 2.75. The van der Waals surface area contributed by atoms with Crippen LogP contribution in [0.2, 0.25) is 0 Å². The molecule has 1 aliphatic carbocycles. The maximum Gasteiger partial charge on any atom is 0.251 e. The maximum atomic E-state index is 12.2. The van der Waals surface area contributed by atoms with Gasteiger partial charge in [0, 0.05) is 24.3 Å². The van der Waals surface area contributed by atoms with E-state index in [-0.39, 0.29) is 5.91 Å². The number of amides is 1. The van der Waals surface area contributed by atoms with Crippen molar-refractivity contribution in [3.8, 4) is 0 Å². The van der Waals surface area contributed by atoms with E-state index in [0.717, 1.165) is 31.0 Å². The molecule has 19 heavy (non-hydrogen) atoms. The highest BCUT2D eigenvalue weighted by Crippen LogP contribution is 2.29. The number of fused-ring (bicyclic) bond motifs is 1. The molecule has 0 spiro atoms. The molecular weight excluding hydrogens is 236 g/mol. The van der Waals surface area contributed by atoms with Crippen molar-refractivity contribution in [1.82, 2.24) is 5.32 Å². The van der Waals surface area contributed by atoms with Gasteiger partial charge in [-0.3, -0.25) is 4.79 Å². The lowest BCUT2D eigenvalue weighted by atomic mass is 10.1. The Balaban J connectivity index is 1.58. The fourth-order valence-corrected chi connectivity index (χ4v) is 3.30. The van der Waals surface area contributed by atoms with Crippen molar-refractivity contribution in [3.63, 3.8) is 0 Å². The van der Waals surface area contributed by atoms with E-state index in [1.165, 1.54) is 30.5 Å². The molecule has 2 atom stereocenters. The molecule has 3 heteroatoms. The Morgan fingerprint density at radius 2 is 2.32 bits per heavy atom. The highest BCUT2D eigenvalue weighted by atomic mass is 16.1. The van der Waals surface area contributed by atoms with Crippen molar-refractivity contribution in [2.45, 2.75) is 32.6 Å². The van der Waals surface area contributed by atoms with Gasteiger partial charge in [-0.05, 0) is 54.9 Å². The minimum atomic E-state index is 0.0780. The number of carbonyl (C=O) groups excluding carboxylic acids is 1. The van der Waals surface area contributed by atoms with Gasteiger partial charge in [0.2, 0.25) is 0 Å². The standard InChI is InChI=1S/C16H22N2O/c1-11-2-3-12(8-11)10-18-16(19)14-4-5-15-13(9-14)6-7-17-15/h4-5,9,11-12,17H,2-3,6-8,10H2,1H3,(H,18,19). The van der Waals surface area contributed by atoms with Crippen LogP contribution in [0.15, 0.2) is 18.2 Å². The molecule has 1 fully saturated rings. The van der Waals surface area contributed by atoms with Gasteiger partial charge in [0.1, 0.15) is 0 Å². The number of hydrogen-bond acceptors (Lipinski definition) is 2. The van der Waals surface area contributed by atoms with Gasteiger partial charge in [-0.25, -0.2) is 0 Å². The molecule has 1 saturated carbocycles. The van der Waals surface area contributed by atoms with Gasteiger partial charge in [0.05, 0.1) is 0 Å². The fraction of sp³-hybridized carbons (Fsp3) is 0.562. The molecular formula is C16H22N2O. The van der Waals surface area contributed by atoms with Gasteiger partial charge in [0.25, 0.3) is 5.91 Å². The van der Waals surface area contributed by atoms with Crippen molar-refractivity contribution < 1.29 is 4.79 Å². The monoisotopic (exact) mass is 258 g/mol. The summed E-state index contributed by atoms with van der Waals surface area (Å²) >= 11 is 0. The lowest BCUT2D eigenvalue weighted by molar-refractivity contribution is 0.0947. The zero-order chi connectivity index (χ0) is 13.2. The highest BCUT2D eigenvalue weighted by molar-refractivity contribution is 5.95. The summed E-state index contributed by atoms with van der Waals surface area (Å²) in [5.41, 5.74) is 3.25. The number of nitrogens with one attached hydrogen (secondary N) is 2. The van der Waals surface area contributed by atoms with E-state index in [1.807, 2.05) is 18.2 Å². The van der Waals surface area contributed by atoms with E-state index in [1.54, 1.807) is 0 Å². The first-order chi connectivity index (χ1) is 9.22. The minimum absolute atomic E-state index is 0.0780. The van der Waals surface area contributed by atoms with E-state index in [0.29, 0.717) is 5.92 Å². The molecule has 0 aromatic heterocycles.